The summed E-state index contributed by atoms with van der Waals surface area (Å²) in [6.07, 6.45) is 5.17. The minimum Gasteiger partial charge on any atom is -0.395 e. The molecule has 0 aliphatic carbocycles. The first-order chi connectivity index (χ1) is 17.1. The van der Waals surface area contributed by atoms with E-state index in [1.54, 1.807) is 41.0 Å². The van der Waals surface area contributed by atoms with Crippen molar-refractivity contribution in [2.24, 2.45) is 0 Å². The summed E-state index contributed by atoms with van der Waals surface area (Å²) in [5.74, 6) is 6.35. The molecular formula is C28H29N3O3S. The van der Waals surface area contributed by atoms with E-state index in [4.69, 9.17) is 0 Å². The lowest BCUT2D eigenvalue weighted by molar-refractivity contribution is -0.0553. The highest BCUT2D eigenvalue weighted by Crippen LogP contribution is 2.42. The summed E-state index contributed by atoms with van der Waals surface area (Å²) in [6.45, 7) is 1.86. The average Bonchev–Trinajstić information content (AvgIpc) is 2.88. The Morgan fingerprint density at radius 3 is 2.37 bits per heavy atom. The van der Waals surface area contributed by atoms with Crippen molar-refractivity contribution < 1.29 is 13.5 Å². The predicted molar refractivity (Wildman–Crippen MR) is 135 cm³/mol. The van der Waals surface area contributed by atoms with Gasteiger partial charge in [-0.1, -0.05) is 42.2 Å². The Labute approximate surface area is 207 Å². The van der Waals surface area contributed by atoms with Gasteiger partial charge in [0.15, 0.2) is 0 Å². The summed E-state index contributed by atoms with van der Waals surface area (Å²) >= 11 is 0. The van der Waals surface area contributed by atoms with Gasteiger partial charge in [-0.25, -0.2) is 8.42 Å². The van der Waals surface area contributed by atoms with E-state index in [0.717, 1.165) is 36.1 Å². The number of sulfonamides is 1. The third-order valence-corrected chi connectivity index (χ3v) is 8.90. The highest BCUT2D eigenvalue weighted by Gasteiger charge is 2.50. The maximum Gasteiger partial charge on any atom is 0.243 e. The van der Waals surface area contributed by atoms with E-state index in [1.807, 2.05) is 30.3 Å². The second-order valence-electron chi connectivity index (χ2n) is 9.08. The lowest BCUT2D eigenvalue weighted by Gasteiger charge is -2.57. The molecule has 35 heavy (non-hydrogen) atoms. The van der Waals surface area contributed by atoms with E-state index in [-0.39, 0.29) is 24.6 Å². The molecular weight excluding hydrogens is 458 g/mol. The first-order valence-corrected chi connectivity index (χ1v) is 13.5. The van der Waals surface area contributed by atoms with Crippen molar-refractivity contribution in [2.45, 2.75) is 35.7 Å². The molecule has 2 aromatic carbocycles. The number of aliphatic hydroxyl groups is 1. The Balaban J connectivity index is 1.38. The summed E-state index contributed by atoms with van der Waals surface area (Å²) in [4.78, 5) is 6.71. The van der Waals surface area contributed by atoms with Gasteiger partial charge in [0.2, 0.25) is 10.0 Å². The van der Waals surface area contributed by atoms with E-state index in [1.165, 1.54) is 0 Å². The maximum atomic E-state index is 13.4. The molecule has 180 valence electrons. The van der Waals surface area contributed by atoms with Crippen LogP contribution < -0.4 is 0 Å². The molecule has 3 aromatic rings. The monoisotopic (exact) mass is 487 g/mol. The Kier molecular flexibility index (Phi) is 6.98. The van der Waals surface area contributed by atoms with Gasteiger partial charge < -0.3 is 5.11 Å². The molecule has 3 atom stereocenters. The van der Waals surface area contributed by atoms with Gasteiger partial charge in [0.1, 0.15) is 0 Å². The second kappa shape index (κ2) is 10.3. The zero-order valence-corrected chi connectivity index (χ0v) is 20.3. The molecule has 6 nitrogen and oxygen atoms in total. The van der Waals surface area contributed by atoms with E-state index in [2.05, 4.69) is 33.9 Å². The van der Waals surface area contributed by atoms with Gasteiger partial charge in [0.25, 0.3) is 0 Å². The van der Waals surface area contributed by atoms with Gasteiger partial charge in [-0.3, -0.25) is 9.88 Å². The van der Waals surface area contributed by atoms with E-state index >= 15 is 0 Å². The van der Waals surface area contributed by atoms with Crippen molar-refractivity contribution in [3.8, 4) is 11.8 Å². The van der Waals surface area contributed by atoms with Crippen molar-refractivity contribution >= 4 is 10.0 Å². The number of nitrogens with zero attached hydrogens (tertiary/aromatic N) is 3. The second-order valence-corrected chi connectivity index (χ2v) is 11.0. The van der Waals surface area contributed by atoms with Crippen molar-refractivity contribution in [3.63, 3.8) is 0 Å². The Bertz CT molecular complexity index is 1300. The zero-order valence-electron chi connectivity index (χ0n) is 19.5. The molecule has 0 saturated carbocycles. The third kappa shape index (κ3) is 4.89. The molecule has 2 saturated heterocycles. The van der Waals surface area contributed by atoms with Crippen molar-refractivity contribution in [1.82, 2.24) is 14.2 Å². The molecule has 0 bridgehead atoms. The lowest BCUT2D eigenvalue weighted by Crippen LogP contribution is -2.67. The molecule has 7 heteroatoms. The first kappa shape index (κ1) is 23.7. The van der Waals surface area contributed by atoms with Crippen LogP contribution in [0.5, 0.6) is 0 Å². The van der Waals surface area contributed by atoms with Crippen LogP contribution >= 0.6 is 0 Å². The van der Waals surface area contributed by atoms with Crippen LogP contribution in [0.4, 0.5) is 0 Å². The molecule has 2 fully saturated rings. The number of hydrogen-bond donors (Lipinski definition) is 1. The standard InChI is InChI=1S/C28H29N3O3S/c32-21-27-28(24-14-12-22(13-15-24)10-11-23-7-6-16-29-19-23)26-20-30(17-4-5-18-31(26)27)35(33,34)25-8-2-1-3-9-25/h1-3,6-9,12-16,19,26-28,32H,4-5,17-18,20-21H2/t26-,27+,28-/m0/s1. The van der Waals surface area contributed by atoms with E-state index in [0.29, 0.717) is 18.0 Å². The molecule has 5 rings (SSSR count). The number of aliphatic hydroxyl groups excluding tert-OH is 1. The van der Waals surface area contributed by atoms with Crippen LogP contribution in [0.2, 0.25) is 0 Å². The molecule has 0 amide bonds. The van der Waals surface area contributed by atoms with Gasteiger partial charge >= 0.3 is 0 Å². The molecule has 1 aromatic heterocycles. The number of hydrogen-bond acceptors (Lipinski definition) is 5. The fraction of sp³-hybridized carbons (Fsp3) is 0.321. The van der Waals surface area contributed by atoms with Gasteiger partial charge in [-0.15, -0.1) is 0 Å². The molecule has 0 spiro atoms. The molecule has 0 unspecified atom stereocenters. The van der Waals surface area contributed by atoms with Crippen LogP contribution in [0.3, 0.4) is 0 Å². The topological polar surface area (TPSA) is 73.7 Å². The van der Waals surface area contributed by atoms with Crippen LogP contribution in [0, 0.1) is 11.8 Å². The smallest absolute Gasteiger partial charge is 0.243 e. The number of benzene rings is 2. The first-order valence-electron chi connectivity index (χ1n) is 12.0. The zero-order chi connectivity index (χ0) is 24.3. The summed E-state index contributed by atoms with van der Waals surface area (Å²) in [6, 6.07) is 20.6. The van der Waals surface area contributed by atoms with Crippen LogP contribution in [-0.4, -0.2) is 66.0 Å². The van der Waals surface area contributed by atoms with Crippen molar-refractivity contribution in [1.29, 1.82) is 0 Å². The number of rotatable bonds is 4. The van der Waals surface area contributed by atoms with Gasteiger partial charge in [0.05, 0.1) is 11.5 Å². The minimum absolute atomic E-state index is 0.00768. The summed E-state index contributed by atoms with van der Waals surface area (Å²) < 4.78 is 28.4. The van der Waals surface area contributed by atoms with E-state index in [9.17, 15) is 13.5 Å². The van der Waals surface area contributed by atoms with Crippen LogP contribution in [0.15, 0.2) is 84.0 Å². The SMILES string of the molecule is O=S(=O)(c1ccccc1)N1CCCCN2[C@H](CO)[C@@H](c3ccc(C#Cc4cccnc4)cc3)[C@@H]2C1. The van der Waals surface area contributed by atoms with Crippen molar-refractivity contribution in [3.05, 3.63) is 95.8 Å². The quantitative estimate of drug-likeness (QED) is 0.573. The number of fused-ring (bicyclic) bond motifs is 1. The third-order valence-electron chi connectivity index (χ3n) is 7.02. The van der Waals surface area contributed by atoms with Gasteiger partial charge in [0, 0.05) is 54.6 Å². The molecule has 0 radical (unpaired) electrons. The summed E-state index contributed by atoms with van der Waals surface area (Å²) in [7, 11) is -3.57. The summed E-state index contributed by atoms with van der Waals surface area (Å²) in [5.41, 5.74) is 2.87. The molecule has 3 heterocycles. The normalized spacial score (nSPS) is 23.2. The maximum absolute atomic E-state index is 13.4. The number of aromatic nitrogens is 1. The average molecular weight is 488 g/mol. The highest BCUT2D eigenvalue weighted by atomic mass is 32.2. The largest absolute Gasteiger partial charge is 0.395 e. The van der Waals surface area contributed by atoms with Crippen LogP contribution in [0.25, 0.3) is 0 Å². The van der Waals surface area contributed by atoms with Gasteiger partial charge in [-0.2, -0.15) is 4.31 Å². The molecule has 2 aliphatic rings. The van der Waals surface area contributed by atoms with Crippen LogP contribution in [-0.2, 0) is 10.0 Å². The number of pyridine rings is 1. The van der Waals surface area contributed by atoms with Crippen molar-refractivity contribution in [2.75, 3.05) is 26.2 Å². The fourth-order valence-electron chi connectivity index (χ4n) is 5.24. The van der Waals surface area contributed by atoms with Crippen LogP contribution in [0.1, 0.15) is 35.4 Å². The summed E-state index contributed by atoms with van der Waals surface area (Å²) in [5, 5.41) is 10.2. The van der Waals surface area contributed by atoms with E-state index < -0.39 is 10.0 Å². The lowest BCUT2D eigenvalue weighted by atomic mass is 9.74. The Morgan fingerprint density at radius 1 is 0.914 bits per heavy atom. The Hall–Kier alpha value is -3.02. The Morgan fingerprint density at radius 2 is 1.66 bits per heavy atom. The molecule has 2 aliphatic heterocycles. The van der Waals surface area contributed by atoms with Gasteiger partial charge in [-0.05, 0) is 61.3 Å². The predicted octanol–water partition coefficient (Wildman–Crippen LogP) is 3.09. The fourth-order valence-corrected chi connectivity index (χ4v) is 6.76. The minimum atomic E-state index is -3.57. The highest BCUT2D eigenvalue weighted by molar-refractivity contribution is 7.89. The molecule has 1 N–H and O–H groups in total.